The Morgan fingerprint density at radius 1 is 1.20 bits per heavy atom. The van der Waals surface area contributed by atoms with Crippen molar-refractivity contribution in [3.63, 3.8) is 0 Å². The van der Waals surface area contributed by atoms with Crippen molar-refractivity contribution < 1.29 is 40.1 Å². The number of halogens is 2. The first-order chi connectivity index (χ1) is 9.20. The van der Waals surface area contributed by atoms with E-state index in [2.05, 4.69) is 25.2 Å². The minimum Gasteiger partial charge on any atom is -1.00 e. The van der Waals surface area contributed by atoms with Crippen molar-refractivity contribution in [1.29, 1.82) is 0 Å². The summed E-state index contributed by atoms with van der Waals surface area (Å²) >= 11 is 8.62. The van der Waals surface area contributed by atoms with Crippen LogP contribution in [0.2, 0.25) is 0 Å². The summed E-state index contributed by atoms with van der Waals surface area (Å²) in [4.78, 5) is 15.6. The van der Waals surface area contributed by atoms with Crippen molar-refractivity contribution in [2.75, 3.05) is 0 Å². The third kappa shape index (κ3) is 2.71. The molecular formula is C14H8BrClNNaO2. The first-order valence-electron chi connectivity index (χ1n) is 5.49. The van der Waals surface area contributed by atoms with Crippen LogP contribution in [-0.4, -0.2) is 11.0 Å². The summed E-state index contributed by atoms with van der Waals surface area (Å²) in [5.74, 6) is -0.564. The average Bonchev–Trinajstić information content (AvgIpc) is 2.46. The van der Waals surface area contributed by atoms with Crippen molar-refractivity contribution in [3.05, 3.63) is 52.8 Å². The van der Waals surface area contributed by atoms with Crippen LogP contribution in [0, 0.1) is 0 Å². The summed E-state index contributed by atoms with van der Waals surface area (Å²) in [7, 11) is 0. The molecule has 6 heteroatoms. The molecule has 0 radical (unpaired) electrons. The van der Waals surface area contributed by atoms with E-state index >= 15 is 0 Å². The molecule has 3 rings (SSSR count). The standard InChI is InChI=1S/C14H7BrClNO2.Na.H/c15-13-6-9-5-8(14(18)19-16)1-2-10(9)12-7-17-4-3-11(12)13;;/h1-7H;;/q;+1;-1. The Kier molecular flexibility index (Phi) is 5.04. The number of aromatic nitrogens is 1. The van der Waals surface area contributed by atoms with Gasteiger partial charge in [-0.3, -0.25) is 4.98 Å². The molecule has 3 aromatic rings. The zero-order valence-electron chi connectivity index (χ0n) is 11.6. The summed E-state index contributed by atoms with van der Waals surface area (Å²) in [5, 5.41) is 4.05. The summed E-state index contributed by atoms with van der Waals surface area (Å²) < 4.78 is 5.16. The molecule has 2 aromatic carbocycles. The van der Waals surface area contributed by atoms with Gasteiger partial charge in [-0.05, 0) is 40.4 Å². The first-order valence-corrected chi connectivity index (χ1v) is 6.60. The van der Waals surface area contributed by atoms with Crippen LogP contribution in [-0.2, 0) is 4.29 Å². The third-order valence-corrected chi connectivity index (χ3v) is 3.80. The molecule has 0 aliphatic carbocycles. The molecule has 0 aliphatic rings. The van der Waals surface area contributed by atoms with Gasteiger partial charge in [-0.2, -0.15) is 0 Å². The van der Waals surface area contributed by atoms with E-state index < -0.39 is 5.97 Å². The molecule has 0 amide bonds. The van der Waals surface area contributed by atoms with E-state index in [1.165, 1.54) is 0 Å². The largest absolute Gasteiger partial charge is 1.00 e. The minimum atomic E-state index is -0.564. The molecule has 1 aromatic heterocycles. The van der Waals surface area contributed by atoms with E-state index in [1.54, 1.807) is 18.3 Å². The SMILES string of the molecule is O=C(OCl)c1ccc2c(c1)cc(Br)c1ccncc12.[H-].[Na+]. The van der Waals surface area contributed by atoms with Crippen molar-refractivity contribution in [2.24, 2.45) is 0 Å². The number of rotatable bonds is 1. The number of fused-ring (bicyclic) bond motifs is 3. The van der Waals surface area contributed by atoms with Crippen molar-refractivity contribution in [1.82, 2.24) is 4.98 Å². The van der Waals surface area contributed by atoms with Crippen LogP contribution in [0.25, 0.3) is 21.5 Å². The van der Waals surface area contributed by atoms with Gasteiger partial charge < -0.3 is 5.72 Å². The molecule has 0 atom stereocenters. The van der Waals surface area contributed by atoms with Crippen LogP contribution in [0.15, 0.2) is 47.2 Å². The molecule has 0 fully saturated rings. The monoisotopic (exact) mass is 359 g/mol. The maximum absolute atomic E-state index is 11.4. The van der Waals surface area contributed by atoms with Crippen molar-refractivity contribution in [3.8, 4) is 0 Å². The molecular weight excluding hydrogens is 353 g/mol. The van der Waals surface area contributed by atoms with Crippen LogP contribution in [0.4, 0.5) is 0 Å². The molecule has 0 unspecified atom stereocenters. The number of hydrogen-bond donors (Lipinski definition) is 0. The van der Waals surface area contributed by atoms with Gasteiger partial charge in [0.1, 0.15) is 11.9 Å². The maximum Gasteiger partial charge on any atom is 1.00 e. The third-order valence-electron chi connectivity index (χ3n) is 3.01. The summed E-state index contributed by atoms with van der Waals surface area (Å²) in [6.45, 7) is 0. The van der Waals surface area contributed by atoms with Gasteiger partial charge >= 0.3 is 35.5 Å². The Morgan fingerprint density at radius 3 is 2.75 bits per heavy atom. The normalized spacial score (nSPS) is 10.3. The van der Waals surface area contributed by atoms with E-state index in [0.29, 0.717) is 5.56 Å². The van der Waals surface area contributed by atoms with E-state index in [1.807, 2.05) is 24.4 Å². The second-order valence-electron chi connectivity index (χ2n) is 4.08. The van der Waals surface area contributed by atoms with Gasteiger partial charge in [-0.15, -0.1) is 0 Å². The topological polar surface area (TPSA) is 39.2 Å². The zero-order chi connectivity index (χ0) is 13.4. The van der Waals surface area contributed by atoms with Crippen LogP contribution < -0.4 is 29.6 Å². The summed E-state index contributed by atoms with van der Waals surface area (Å²) in [6.07, 6.45) is 3.56. The Balaban J connectivity index is 0.00000110. The molecule has 1 heterocycles. The molecule has 0 N–H and O–H groups in total. The fourth-order valence-corrected chi connectivity index (χ4v) is 2.81. The predicted molar refractivity (Wildman–Crippen MR) is 79.3 cm³/mol. The molecule has 0 saturated heterocycles. The fourth-order valence-electron chi connectivity index (χ4n) is 2.13. The van der Waals surface area contributed by atoms with Crippen LogP contribution >= 0.6 is 27.8 Å². The maximum atomic E-state index is 11.4. The molecule has 0 aliphatic heterocycles. The quantitative estimate of drug-likeness (QED) is 0.489. The number of benzene rings is 2. The van der Waals surface area contributed by atoms with Crippen molar-refractivity contribution in [2.45, 2.75) is 0 Å². The van der Waals surface area contributed by atoms with Gasteiger partial charge in [0.2, 0.25) is 0 Å². The Labute approximate surface area is 152 Å². The van der Waals surface area contributed by atoms with Gasteiger partial charge in [0.15, 0.2) is 0 Å². The number of carbonyl (C=O) groups excluding carboxylic acids is 1. The predicted octanol–water partition coefficient (Wildman–Crippen LogP) is 1.58. The average molecular weight is 361 g/mol. The number of hydrogen-bond acceptors (Lipinski definition) is 3. The van der Waals surface area contributed by atoms with Crippen LogP contribution in [0.3, 0.4) is 0 Å². The number of pyridine rings is 1. The fraction of sp³-hybridized carbons (Fsp3) is 0. The second-order valence-corrected chi connectivity index (χ2v) is 5.09. The van der Waals surface area contributed by atoms with E-state index in [9.17, 15) is 4.79 Å². The smallest absolute Gasteiger partial charge is 1.00 e. The summed E-state index contributed by atoms with van der Waals surface area (Å²) in [6, 6.07) is 9.21. The Morgan fingerprint density at radius 2 is 2.00 bits per heavy atom. The van der Waals surface area contributed by atoms with Gasteiger partial charge in [-0.25, -0.2) is 4.79 Å². The van der Waals surface area contributed by atoms with E-state index in [0.717, 1.165) is 26.0 Å². The first kappa shape index (κ1) is 15.7. The molecule has 0 spiro atoms. The molecule has 96 valence electrons. The van der Waals surface area contributed by atoms with Gasteiger partial charge in [0.25, 0.3) is 0 Å². The van der Waals surface area contributed by atoms with Gasteiger partial charge in [-0.1, -0.05) is 22.0 Å². The molecule has 0 bridgehead atoms. The summed E-state index contributed by atoms with van der Waals surface area (Å²) in [5.41, 5.74) is 0.414. The Bertz CT molecular complexity index is 815. The molecule has 3 nitrogen and oxygen atoms in total. The van der Waals surface area contributed by atoms with Crippen LogP contribution in [0.1, 0.15) is 11.8 Å². The second kappa shape index (κ2) is 6.41. The number of nitrogens with zero attached hydrogens (tertiary/aromatic N) is 1. The van der Waals surface area contributed by atoms with E-state index in [-0.39, 0.29) is 31.0 Å². The minimum absolute atomic E-state index is 0. The van der Waals surface area contributed by atoms with Crippen LogP contribution in [0.5, 0.6) is 0 Å². The zero-order valence-corrected chi connectivity index (χ0v) is 14.9. The van der Waals surface area contributed by atoms with E-state index in [4.69, 9.17) is 11.9 Å². The van der Waals surface area contributed by atoms with Crippen molar-refractivity contribution >= 4 is 55.3 Å². The Hall–Kier alpha value is -0.650. The molecule has 0 saturated carbocycles. The molecule has 20 heavy (non-hydrogen) atoms. The van der Waals surface area contributed by atoms with Gasteiger partial charge in [0, 0.05) is 22.3 Å². The number of carbonyl (C=O) groups is 1. The van der Waals surface area contributed by atoms with Gasteiger partial charge in [0.05, 0.1) is 5.56 Å².